The van der Waals surface area contributed by atoms with Crippen LogP contribution in [0.1, 0.15) is 59.4 Å². The minimum absolute atomic E-state index is 0.182. The number of carbonyl (C=O) groups is 1. The standard InChI is InChI=1S/C17H26O2/c1-7-13(12(2)3)14-10-8-9-11-15(14)19-16(18)17(4,5)6/h8-13H,7H2,1-6H3. The van der Waals surface area contributed by atoms with E-state index in [0.717, 1.165) is 12.0 Å². The van der Waals surface area contributed by atoms with Crippen LogP contribution in [0.5, 0.6) is 5.75 Å². The summed E-state index contributed by atoms with van der Waals surface area (Å²) in [7, 11) is 0. The van der Waals surface area contributed by atoms with Gasteiger partial charge in [0.1, 0.15) is 5.75 Å². The summed E-state index contributed by atoms with van der Waals surface area (Å²) in [5, 5.41) is 0. The molecule has 0 saturated carbocycles. The maximum Gasteiger partial charge on any atom is 0.316 e. The smallest absolute Gasteiger partial charge is 0.316 e. The highest BCUT2D eigenvalue weighted by Crippen LogP contribution is 2.35. The molecule has 0 aliphatic rings. The van der Waals surface area contributed by atoms with Crippen LogP contribution in [-0.4, -0.2) is 5.97 Å². The highest BCUT2D eigenvalue weighted by molar-refractivity contribution is 5.78. The Balaban J connectivity index is 3.06. The van der Waals surface area contributed by atoms with Crippen LogP contribution in [0.2, 0.25) is 0 Å². The van der Waals surface area contributed by atoms with Gasteiger partial charge in [-0.15, -0.1) is 0 Å². The summed E-state index contributed by atoms with van der Waals surface area (Å²) in [6, 6.07) is 7.89. The van der Waals surface area contributed by atoms with Crippen molar-refractivity contribution in [1.29, 1.82) is 0 Å². The molecule has 1 atom stereocenters. The van der Waals surface area contributed by atoms with Crippen molar-refractivity contribution in [2.45, 2.75) is 53.9 Å². The molecule has 0 aromatic heterocycles. The number of esters is 1. The van der Waals surface area contributed by atoms with Crippen molar-refractivity contribution in [1.82, 2.24) is 0 Å². The van der Waals surface area contributed by atoms with Gasteiger partial charge in [0.05, 0.1) is 5.41 Å². The lowest BCUT2D eigenvalue weighted by molar-refractivity contribution is -0.143. The third kappa shape index (κ3) is 4.09. The van der Waals surface area contributed by atoms with Crippen molar-refractivity contribution in [3.05, 3.63) is 29.8 Å². The summed E-state index contributed by atoms with van der Waals surface area (Å²) >= 11 is 0. The van der Waals surface area contributed by atoms with Crippen LogP contribution in [-0.2, 0) is 4.79 Å². The lowest BCUT2D eigenvalue weighted by Crippen LogP contribution is -2.26. The molecule has 0 radical (unpaired) electrons. The zero-order valence-electron chi connectivity index (χ0n) is 13.0. The van der Waals surface area contributed by atoms with Crippen molar-refractivity contribution < 1.29 is 9.53 Å². The van der Waals surface area contributed by atoms with E-state index in [-0.39, 0.29) is 5.97 Å². The van der Waals surface area contributed by atoms with Crippen LogP contribution < -0.4 is 4.74 Å². The summed E-state index contributed by atoms with van der Waals surface area (Å²) in [5.41, 5.74) is 0.657. The van der Waals surface area contributed by atoms with Gasteiger partial charge in [-0.1, -0.05) is 39.0 Å². The van der Waals surface area contributed by atoms with E-state index in [1.165, 1.54) is 0 Å². The molecule has 0 aliphatic heterocycles. The van der Waals surface area contributed by atoms with Gasteiger partial charge in [0.15, 0.2) is 0 Å². The van der Waals surface area contributed by atoms with Crippen molar-refractivity contribution in [2.24, 2.45) is 11.3 Å². The van der Waals surface area contributed by atoms with Gasteiger partial charge in [-0.3, -0.25) is 4.79 Å². The summed E-state index contributed by atoms with van der Waals surface area (Å²) in [4.78, 5) is 12.0. The summed E-state index contributed by atoms with van der Waals surface area (Å²) in [5.74, 6) is 1.48. The third-order valence-corrected chi connectivity index (χ3v) is 3.38. The number of ether oxygens (including phenoxy) is 1. The summed E-state index contributed by atoms with van der Waals surface area (Å²) < 4.78 is 5.60. The predicted octanol–water partition coefficient (Wildman–Crippen LogP) is 4.79. The SMILES string of the molecule is CCC(c1ccccc1OC(=O)C(C)(C)C)C(C)C. The average Bonchev–Trinajstić information content (AvgIpc) is 2.30. The van der Waals surface area contributed by atoms with Crippen LogP contribution in [0.4, 0.5) is 0 Å². The highest BCUT2D eigenvalue weighted by atomic mass is 16.5. The van der Waals surface area contributed by atoms with Crippen LogP contribution in [0, 0.1) is 11.3 Å². The van der Waals surface area contributed by atoms with E-state index >= 15 is 0 Å². The number of hydrogen-bond acceptors (Lipinski definition) is 2. The topological polar surface area (TPSA) is 26.3 Å². The molecule has 1 unspecified atom stereocenters. The first-order chi connectivity index (χ1) is 8.77. The van der Waals surface area contributed by atoms with Crippen LogP contribution in [0.25, 0.3) is 0 Å². The second-order valence-corrected chi connectivity index (χ2v) is 6.44. The van der Waals surface area contributed by atoms with Crippen molar-refractivity contribution in [2.75, 3.05) is 0 Å². The number of hydrogen-bond donors (Lipinski definition) is 0. The molecule has 0 spiro atoms. The molecule has 0 fully saturated rings. The van der Waals surface area contributed by atoms with Crippen molar-refractivity contribution in [3.8, 4) is 5.75 Å². The molecule has 19 heavy (non-hydrogen) atoms. The van der Waals surface area contributed by atoms with Gasteiger partial charge in [0.25, 0.3) is 0 Å². The maximum atomic E-state index is 12.0. The van der Waals surface area contributed by atoms with Crippen LogP contribution in [0.15, 0.2) is 24.3 Å². The molecule has 0 amide bonds. The Kier molecular flexibility index (Phi) is 5.16. The first-order valence-electron chi connectivity index (χ1n) is 7.08. The van der Waals surface area contributed by atoms with Gasteiger partial charge in [-0.05, 0) is 50.7 Å². The van der Waals surface area contributed by atoms with Gasteiger partial charge in [0.2, 0.25) is 0 Å². The van der Waals surface area contributed by atoms with E-state index in [4.69, 9.17) is 4.74 Å². The fraction of sp³-hybridized carbons (Fsp3) is 0.588. The Hall–Kier alpha value is -1.31. The van der Waals surface area contributed by atoms with E-state index in [9.17, 15) is 4.79 Å². The van der Waals surface area contributed by atoms with Gasteiger partial charge >= 0.3 is 5.97 Å². The molecule has 0 saturated heterocycles. The van der Waals surface area contributed by atoms with Gasteiger partial charge in [-0.2, -0.15) is 0 Å². The molecule has 0 bridgehead atoms. The Morgan fingerprint density at radius 1 is 1.21 bits per heavy atom. The first kappa shape index (κ1) is 15.7. The largest absolute Gasteiger partial charge is 0.426 e. The molecular formula is C17H26O2. The van der Waals surface area contributed by atoms with Crippen molar-refractivity contribution >= 4 is 5.97 Å². The van der Waals surface area contributed by atoms with Gasteiger partial charge in [0, 0.05) is 0 Å². The fourth-order valence-electron chi connectivity index (χ4n) is 2.18. The molecule has 106 valence electrons. The Bertz CT molecular complexity index is 427. The summed E-state index contributed by atoms with van der Waals surface area (Å²) in [6.07, 6.45) is 1.04. The first-order valence-corrected chi connectivity index (χ1v) is 7.08. The highest BCUT2D eigenvalue weighted by Gasteiger charge is 2.26. The molecule has 1 aromatic carbocycles. The molecular weight excluding hydrogens is 236 g/mol. The van der Waals surface area contributed by atoms with E-state index in [2.05, 4.69) is 26.8 Å². The Morgan fingerprint density at radius 3 is 2.26 bits per heavy atom. The van der Waals surface area contributed by atoms with Gasteiger partial charge in [-0.25, -0.2) is 0 Å². The second-order valence-electron chi connectivity index (χ2n) is 6.44. The van der Waals surface area contributed by atoms with Crippen molar-refractivity contribution in [3.63, 3.8) is 0 Å². The fourth-order valence-corrected chi connectivity index (χ4v) is 2.18. The van der Waals surface area contributed by atoms with E-state index < -0.39 is 5.41 Å². The molecule has 2 heteroatoms. The van der Waals surface area contributed by atoms with E-state index in [1.54, 1.807) is 0 Å². The Morgan fingerprint density at radius 2 is 1.79 bits per heavy atom. The molecule has 0 aliphatic carbocycles. The van der Waals surface area contributed by atoms with Gasteiger partial charge < -0.3 is 4.74 Å². The number of carbonyl (C=O) groups excluding carboxylic acids is 1. The van der Waals surface area contributed by atoms with E-state index in [0.29, 0.717) is 17.6 Å². The zero-order chi connectivity index (χ0) is 14.6. The lowest BCUT2D eigenvalue weighted by Gasteiger charge is -2.24. The second kappa shape index (κ2) is 6.23. The number of benzene rings is 1. The third-order valence-electron chi connectivity index (χ3n) is 3.38. The number of rotatable bonds is 4. The molecule has 1 aromatic rings. The average molecular weight is 262 g/mol. The number of para-hydroxylation sites is 1. The minimum atomic E-state index is -0.480. The van der Waals surface area contributed by atoms with Crippen LogP contribution in [0.3, 0.4) is 0 Å². The quantitative estimate of drug-likeness (QED) is 0.576. The molecule has 0 heterocycles. The monoisotopic (exact) mass is 262 g/mol. The molecule has 1 rings (SSSR count). The zero-order valence-corrected chi connectivity index (χ0v) is 13.0. The minimum Gasteiger partial charge on any atom is -0.426 e. The predicted molar refractivity (Wildman–Crippen MR) is 79.4 cm³/mol. The Labute approximate surface area is 117 Å². The lowest BCUT2D eigenvalue weighted by atomic mass is 9.86. The summed E-state index contributed by atoms with van der Waals surface area (Å²) in [6.45, 7) is 12.2. The molecule has 2 nitrogen and oxygen atoms in total. The normalized spacial score (nSPS) is 13.4. The van der Waals surface area contributed by atoms with Crippen LogP contribution >= 0.6 is 0 Å². The van der Waals surface area contributed by atoms with E-state index in [1.807, 2.05) is 39.0 Å². The molecule has 0 N–H and O–H groups in total. The maximum absolute atomic E-state index is 12.0.